The van der Waals surface area contributed by atoms with Crippen LogP contribution in [0.5, 0.6) is 11.5 Å². The molecule has 0 N–H and O–H groups in total. The lowest BCUT2D eigenvalue weighted by molar-refractivity contribution is 0.489. The summed E-state index contributed by atoms with van der Waals surface area (Å²) in [5.74, 6) is 1.67. The van der Waals surface area contributed by atoms with Crippen molar-refractivity contribution in [3.8, 4) is 33.8 Å². The monoisotopic (exact) mass is 628 g/mol. The number of anilines is 6. The van der Waals surface area contributed by atoms with Gasteiger partial charge in [-0.2, -0.15) is 0 Å². The third-order valence-electron chi connectivity index (χ3n) is 9.22. The molecule has 0 radical (unpaired) electrons. The summed E-state index contributed by atoms with van der Waals surface area (Å²) in [6, 6.07) is 68.3. The van der Waals surface area contributed by atoms with Gasteiger partial charge in [-0.3, -0.25) is 0 Å². The molecule has 0 unspecified atom stereocenters. The minimum absolute atomic E-state index is 0.829. The molecule has 1 heterocycles. The van der Waals surface area contributed by atoms with Gasteiger partial charge in [-0.15, -0.1) is 0 Å². The zero-order valence-electron chi connectivity index (χ0n) is 26.8. The van der Waals surface area contributed by atoms with Crippen LogP contribution in [0.15, 0.2) is 194 Å². The molecule has 3 nitrogen and oxygen atoms in total. The number of ether oxygens (including phenoxy) is 1. The van der Waals surface area contributed by atoms with Crippen LogP contribution >= 0.6 is 0 Å². The Hall–Kier alpha value is -6.58. The number of benzene rings is 8. The third-order valence-corrected chi connectivity index (χ3v) is 9.22. The molecule has 49 heavy (non-hydrogen) atoms. The summed E-state index contributed by atoms with van der Waals surface area (Å²) in [6.07, 6.45) is 0. The Morgan fingerprint density at radius 3 is 1.37 bits per heavy atom. The van der Waals surface area contributed by atoms with Crippen LogP contribution in [0, 0.1) is 0 Å². The van der Waals surface area contributed by atoms with Gasteiger partial charge < -0.3 is 14.5 Å². The van der Waals surface area contributed by atoms with Crippen LogP contribution in [-0.4, -0.2) is 0 Å². The third kappa shape index (κ3) is 5.09. The summed E-state index contributed by atoms with van der Waals surface area (Å²) >= 11 is 0. The van der Waals surface area contributed by atoms with E-state index >= 15 is 0 Å². The minimum Gasteiger partial charge on any atom is -0.452 e. The first-order chi connectivity index (χ1) is 24.3. The van der Waals surface area contributed by atoms with Gasteiger partial charge in [0.05, 0.1) is 11.4 Å². The van der Waals surface area contributed by atoms with Crippen LogP contribution in [0.3, 0.4) is 0 Å². The van der Waals surface area contributed by atoms with Crippen LogP contribution < -0.4 is 14.5 Å². The highest BCUT2D eigenvalue weighted by atomic mass is 16.5. The van der Waals surface area contributed by atoms with Gasteiger partial charge >= 0.3 is 0 Å². The summed E-state index contributed by atoms with van der Waals surface area (Å²) in [7, 11) is 0. The Kier molecular flexibility index (Phi) is 7.14. The lowest BCUT2D eigenvalue weighted by Gasteiger charge is -2.33. The van der Waals surface area contributed by atoms with E-state index in [0.717, 1.165) is 67.5 Å². The molecule has 232 valence electrons. The van der Waals surface area contributed by atoms with Gasteiger partial charge in [0, 0.05) is 33.7 Å². The Morgan fingerprint density at radius 2 is 0.776 bits per heavy atom. The maximum atomic E-state index is 7.27. The van der Waals surface area contributed by atoms with Gasteiger partial charge in [-0.25, -0.2) is 0 Å². The maximum Gasteiger partial charge on any atom is 0.160 e. The molecule has 0 bridgehead atoms. The molecular formula is C46H32N2O. The fourth-order valence-electron chi connectivity index (χ4n) is 6.98. The van der Waals surface area contributed by atoms with E-state index < -0.39 is 0 Å². The highest BCUT2D eigenvalue weighted by Gasteiger charge is 2.29. The Labute approximate surface area is 286 Å². The van der Waals surface area contributed by atoms with Gasteiger partial charge in [0.1, 0.15) is 0 Å². The highest BCUT2D eigenvalue weighted by Crippen LogP contribution is 2.56. The first-order valence-electron chi connectivity index (χ1n) is 16.6. The van der Waals surface area contributed by atoms with Crippen LogP contribution in [0.2, 0.25) is 0 Å². The lowest BCUT2D eigenvalue weighted by atomic mass is 9.93. The molecule has 0 aliphatic carbocycles. The van der Waals surface area contributed by atoms with Gasteiger partial charge in [0.25, 0.3) is 0 Å². The number of fused-ring (bicyclic) bond motifs is 2. The largest absolute Gasteiger partial charge is 0.452 e. The van der Waals surface area contributed by atoms with Crippen LogP contribution in [-0.2, 0) is 0 Å². The molecule has 8 aromatic carbocycles. The molecule has 0 spiro atoms. The predicted octanol–water partition coefficient (Wildman–Crippen LogP) is 13.2. The molecule has 0 fully saturated rings. The molecule has 0 saturated carbocycles. The average molecular weight is 629 g/mol. The molecule has 0 saturated heterocycles. The summed E-state index contributed by atoms with van der Waals surface area (Å²) in [5, 5.41) is 2.25. The van der Waals surface area contributed by atoms with Crippen molar-refractivity contribution < 1.29 is 4.74 Å². The Balaban J connectivity index is 1.25. The number of para-hydroxylation sites is 4. The fourth-order valence-corrected chi connectivity index (χ4v) is 6.98. The number of hydrogen-bond acceptors (Lipinski definition) is 3. The van der Waals surface area contributed by atoms with Crippen LogP contribution in [0.25, 0.3) is 33.0 Å². The van der Waals surface area contributed by atoms with E-state index in [1.807, 2.05) is 0 Å². The molecule has 8 aromatic rings. The predicted molar refractivity (Wildman–Crippen MR) is 204 cm³/mol. The van der Waals surface area contributed by atoms with Gasteiger partial charge in [0.15, 0.2) is 11.5 Å². The number of nitrogens with zero attached hydrogens (tertiary/aromatic N) is 2. The summed E-state index contributed by atoms with van der Waals surface area (Å²) in [4.78, 5) is 4.59. The Bertz CT molecular complexity index is 2350. The topological polar surface area (TPSA) is 15.7 Å². The van der Waals surface area contributed by atoms with Crippen molar-refractivity contribution in [3.63, 3.8) is 0 Å². The zero-order valence-corrected chi connectivity index (χ0v) is 26.8. The first kappa shape index (κ1) is 28.6. The van der Waals surface area contributed by atoms with Crippen molar-refractivity contribution in [2.45, 2.75) is 0 Å². The van der Waals surface area contributed by atoms with Crippen molar-refractivity contribution in [3.05, 3.63) is 194 Å². The van der Waals surface area contributed by atoms with E-state index in [2.05, 4.69) is 204 Å². The van der Waals surface area contributed by atoms with Crippen molar-refractivity contribution in [1.29, 1.82) is 0 Å². The van der Waals surface area contributed by atoms with Gasteiger partial charge in [-0.1, -0.05) is 133 Å². The van der Waals surface area contributed by atoms with E-state index in [9.17, 15) is 0 Å². The van der Waals surface area contributed by atoms with Crippen LogP contribution in [0.4, 0.5) is 34.1 Å². The maximum absolute atomic E-state index is 7.27. The zero-order chi connectivity index (χ0) is 32.6. The van der Waals surface area contributed by atoms with Crippen molar-refractivity contribution in [1.82, 2.24) is 0 Å². The number of rotatable bonds is 7. The number of hydrogen-bond donors (Lipinski definition) is 0. The second-order valence-electron chi connectivity index (χ2n) is 12.2. The van der Waals surface area contributed by atoms with Crippen LogP contribution in [0.1, 0.15) is 0 Å². The summed E-state index contributed by atoms with van der Waals surface area (Å²) in [5.41, 5.74) is 10.8. The van der Waals surface area contributed by atoms with E-state index in [1.54, 1.807) is 0 Å². The molecule has 0 aromatic heterocycles. The molecule has 9 rings (SSSR count). The summed E-state index contributed by atoms with van der Waals surface area (Å²) in [6.45, 7) is 0. The van der Waals surface area contributed by atoms with Crippen molar-refractivity contribution >= 4 is 44.9 Å². The lowest BCUT2D eigenvalue weighted by Crippen LogP contribution is -2.14. The van der Waals surface area contributed by atoms with Crippen molar-refractivity contribution in [2.75, 3.05) is 9.80 Å². The molecule has 0 atom stereocenters. The molecule has 1 aliphatic rings. The molecule has 0 amide bonds. The highest BCUT2D eigenvalue weighted by molar-refractivity contribution is 6.09. The van der Waals surface area contributed by atoms with E-state index in [0.29, 0.717) is 0 Å². The minimum atomic E-state index is 0.829. The van der Waals surface area contributed by atoms with Gasteiger partial charge in [0.2, 0.25) is 0 Å². The second kappa shape index (κ2) is 12.2. The molecule has 1 aliphatic heterocycles. The van der Waals surface area contributed by atoms with Crippen molar-refractivity contribution in [2.24, 2.45) is 0 Å². The smallest absolute Gasteiger partial charge is 0.160 e. The summed E-state index contributed by atoms with van der Waals surface area (Å²) < 4.78 is 7.27. The molecular weight excluding hydrogens is 597 g/mol. The standard InChI is InChI=1S/C46H32N2O/c1-5-15-33(16-6-1)34-27-30-39(31-28-34)48(38-22-11-4-12-23-38)43-32-29-35-17-13-24-40-41-25-14-26-42(45(41)49-46(43)44(35)40)47(36-18-7-2-8-19-36)37-20-9-3-10-21-37/h1-32H. The fraction of sp³-hybridized carbons (Fsp3) is 0. The second-order valence-corrected chi connectivity index (χ2v) is 12.2. The Morgan fingerprint density at radius 1 is 0.306 bits per heavy atom. The average Bonchev–Trinajstić information content (AvgIpc) is 3.18. The quantitative estimate of drug-likeness (QED) is 0.175. The van der Waals surface area contributed by atoms with Gasteiger partial charge in [-0.05, 0) is 82.7 Å². The van der Waals surface area contributed by atoms with E-state index in [4.69, 9.17) is 4.74 Å². The first-order valence-corrected chi connectivity index (χ1v) is 16.6. The van der Waals surface area contributed by atoms with E-state index in [-0.39, 0.29) is 0 Å². The SMILES string of the molecule is c1ccc(-c2ccc(N(c3ccccc3)c3ccc4cccc5c4c3Oc3c-5cccc3N(c3ccccc3)c3ccccc3)cc2)cc1. The normalized spacial score (nSPS) is 11.4. The molecule has 3 heteroatoms. The van der Waals surface area contributed by atoms with E-state index in [1.165, 1.54) is 11.1 Å².